The minimum atomic E-state index is 0.613. The van der Waals surface area contributed by atoms with Crippen molar-refractivity contribution in [3.63, 3.8) is 0 Å². The van der Waals surface area contributed by atoms with E-state index in [9.17, 15) is 0 Å². The van der Waals surface area contributed by atoms with Gasteiger partial charge in [-0.1, -0.05) is 27.2 Å². The normalized spacial score (nSPS) is 23.8. The molecule has 0 radical (unpaired) electrons. The molecule has 0 aromatic carbocycles. The molecule has 0 amide bonds. The summed E-state index contributed by atoms with van der Waals surface area (Å²) in [5.74, 6) is 0. The summed E-state index contributed by atoms with van der Waals surface area (Å²) < 4.78 is 0. The zero-order valence-electron chi connectivity index (χ0n) is 13.3. The number of piperidine rings is 1. The molecule has 1 heterocycles. The number of likely N-dealkylation sites (tertiary alicyclic amines) is 1. The Morgan fingerprint density at radius 2 is 1.78 bits per heavy atom. The highest BCUT2D eigenvalue weighted by Gasteiger charge is 2.30. The van der Waals surface area contributed by atoms with Crippen LogP contribution in [0, 0.1) is 5.41 Å². The average molecular weight is 254 g/mol. The highest BCUT2D eigenvalue weighted by Crippen LogP contribution is 2.34. The van der Waals surface area contributed by atoms with Crippen LogP contribution in [0.25, 0.3) is 0 Å². The van der Waals surface area contributed by atoms with Crippen LogP contribution in [0.2, 0.25) is 0 Å². The molecule has 1 aliphatic rings. The number of hydrogen-bond acceptors (Lipinski definition) is 2. The van der Waals surface area contributed by atoms with Gasteiger partial charge in [-0.2, -0.15) is 0 Å². The van der Waals surface area contributed by atoms with E-state index < -0.39 is 0 Å². The standard InChI is InChI=1S/C16H34N2/c1-6-10-17-14(3)13-15(4)18-11-8-16(5,7-2)9-12-18/h14-15,17H,6-13H2,1-5H3. The fourth-order valence-corrected chi connectivity index (χ4v) is 2.99. The first-order valence-electron chi connectivity index (χ1n) is 7.98. The van der Waals surface area contributed by atoms with Crippen LogP contribution in [0.15, 0.2) is 0 Å². The number of nitrogens with zero attached hydrogens (tertiary/aromatic N) is 1. The van der Waals surface area contributed by atoms with Crippen molar-refractivity contribution in [2.75, 3.05) is 19.6 Å². The Hall–Kier alpha value is -0.0800. The monoisotopic (exact) mass is 254 g/mol. The van der Waals surface area contributed by atoms with Crippen molar-refractivity contribution >= 4 is 0 Å². The Balaban J connectivity index is 2.29. The van der Waals surface area contributed by atoms with Crippen molar-refractivity contribution in [2.45, 2.75) is 78.8 Å². The first kappa shape index (κ1) is 16.0. The van der Waals surface area contributed by atoms with E-state index in [4.69, 9.17) is 0 Å². The lowest BCUT2D eigenvalue weighted by Gasteiger charge is -2.42. The maximum atomic E-state index is 3.60. The minimum Gasteiger partial charge on any atom is -0.314 e. The Morgan fingerprint density at radius 3 is 2.28 bits per heavy atom. The molecule has 1 fully saturated rings. The molecule has 0 bridgehead atoms. The van der Waals surface area contributed by atoms with E-state index in [1.165, 1.54) is 45.2 Å². The van der Waals surface area contributed by atoms with Crippen molar-refractivity contribution in [1.29, 1.82) is 0 Å². The van der Waals surface area contributed by atoms with Crippen LogP contribution in [0.1, 0.15) is 66.7 Å². The molecule has 1 rings (SSSR count). The molecule has 2 heteroatoms. The molecule has 0 spiro atoms. The van der Waals surface area contributed by atoms with E-state index in [0.717, 1.165) is 12.6 Å². The minimum absolute atomic E-state index is 0.613. The summed E-state index contributed by atoms with van der Waals surface area (Å²) in [6.45, 7) is 15.5. The maximum Gasteiger partial charge on any atom is 0.00816 e. The highest BCUT2D eigenvalue weighted by molar-refractivity contribution is 4.84. The maximum absolute atomic E-state index is 3.60. The second-order valence-electron chi connectivity index (χ2n) is 6.64. The molecule has 0 aromatic rings. The average Bonchev–Trinajstić information content (AvgIpc) is 2.37. The highest BCUT2D eigenvalue weighted by atomic mass is 15.2. The molecule has 0 saturated carbocycles. The number of rotatable bonds is 7. The summed E-state index contributed by atoms with van der Waals surface area (Å²) in [6.07, 6.45) is 6.61. The summed E-state index contributed by atoms with van der Waals surface area (Å²) in [5.41, 5.74) is 0.613. The van der Waals surface area contributed by atoms with Gasteiger partial charge in [-0.25, -0.2) is 0 Å². The second-order valence-corrected chi connectivity index (χ2v) is 6.64. The molecule has 1 aliphatic heterocycles. The van der Waals surface area contributed by atoms with Crippen LogP contribution in [-0.2, 0) is 0 Å². The third kappa shape index (κ3) is 4.89. The molecular formula is C16H34N2. The zero-order chi connectivity index (χ0) is 13.6. The van der Waals surface area contributed by atoms with Crippen molar-refractivity contribution in [3.05, 3.63) is 0 Å². The Kier molecular flexibility index (Phi) is 6.65. The fraction of sp³-hybridized carbons (Fsp3) is 1.00. The van der Waals surface area contributed by atoms with Crippen molar-refractivity contribution in [2.24, 2.45) is 5.41 Å². The van der Waals surface area contributed by atoms with E-state index in [1.54, 1.807) is 0 Å². The summed E-state index contributed by atoms with van der Waals surface area (Å²) >= 11 is 0. The summed E-state index contributed by atoms with van der Waals surface area (Å²) in [5, 5.41) is 3.60. The van der Waals surface area contributed by atoms with E-state index in [-0.39, 0.29) is 0 Å². The van der Waals surface area contributed by atoms with Gasteiger partial charge in [0, 0.05) is 12.1 Å². The van der Waals surface area contributed by atoms with Gasteiger partial charge in [-0.15, -0.1) is 0 Å². The van der Waals surface area contributed by atoms with Crippen molar-refractivity contribution in [1.82, 2.24) is 10.2 Å². The first-order valence-corrected chi connectivity index (χ1v) is 7.98. The Labute approximate surface area is 115 Å². The lowest BCUT2D eigenvalue weighted by atomic mass is 9.78. The van der Waals surface area contributed by atoms with E-state index in [2.05, 4.69) is 44.8 Å². The largest absolute Gasteiger partial charge is 0.314 e. The molecule has 18 heavy (non-hydrogen) atoms. The van der Waals surface area contributed by atoms with E-state index in [0.29, 0.717) is 11.5 Å². The van der Waals surface area contributed by atoms with Crippen molar-refractivity contribution in [3.8, 4) is 0 Å². The van der Waals surface area contributed by atoms with Crippen LogP contribution in [0.4, 0.5) is 0 Å². The molecule has 2 atom stereocenters. The number of hydrogen-bond donors (Lipinski definition) is 1. The number of nitrogens with one attached hydrogen (secondary N) is 1. The molecule has 2 nitrogen and oxygen atoms in total. The molecule has 0 aliphatic carbocycles. The lowest BCUT2D eigenvalue weighted by Crippen LogP contribution is -2.45. The second kappa shape index (κ2) is 7.49. The SMILES string of the molecule is CCCNC(C)CC(C)N1CCC(C)(CC)CC1. The smallest absolute Gasteiger partial charge is 0.00816 e. The van der Waals surface area contributed by atoms with Crippen LogP contribution in [0.5, 0.6) is 0 Å². The van der Waals surface area contributed by atoms with Crippen LogP contribution in [0.3, 0.4) is 0 Å². The van der Waals surface area contributed by atoms with Crippen molar-refractivity contribution < 1.29 is 0 Å². The van der Waals surface area contributed by atoms with Gasteiger partial charge < -0.3 is 10.2 Å². The molecule has 108 valence electrons. The zero-order valence-corrected chi connectivity index (χ0v) is 13.3. The van der Waals surface area contributed by atoms with Gasteiger partial charge >= 0.3 is 0 Å². The fourth-order valence-electron chi connectivity index (χ4n) is 2.99. The summed E-state index contributed by atoms with van der Waals surface area (Å²) in [7, 11) is 0. The third-order valence-electron chi connectivity index (χ3n) is 4.92. The Morgan fingerprint density at radius 1 is 1.17 bits per heavy atom. The van der Waals surface area contributed by atoms with E-state index in [1.807, 2.05) is 0 Å². The summed E-state index contributed by atoms with van der Waals surface area (Å²) in [4.78, 5) is 2.70. The quantitative estimate of drug-likeness (QED) is 0.746. The lowest BCUT2D eigenvalue weighted by molar-refractivity contribution is 0.0801. The van der Waals surface area contributed by atoms with E-state index >= 15 is 0 Å². The molecular weight excluding hydrogens is 220 g/mol. The van der Waals surface area contributed by atoms with Gasteiger partial charge in [0.1, 0.15) is 0 Å². The predicted octanol–water partition coefficient (Wildman–Crippen LogP) is 3.67. The van der Waals surface area contributed by atoms with Gasteiger partial charge in [-0.3, -0.25) is 0 Å². The topological polar surface area (TPSA) is 15.3 Å². The van der Waals surface area contributed by atoms with Gasteiger partial charge in [0.2, 0.25) is 0 Å². The summed E-state index contributed by atoms with van der Waals surface area (Å²) in [6, 6.07) is 1.38. The van der Waals surface area contributed by atoms with Gasteiger partial charge in [0.05, 0.1) is 0 Å². The molecule has 2 unspecified atom stereocenters. The molecule has 1 saturated heterocycles. The van der Waals surface area contributed by atoms with Gasteiger partial charge in [-0.05, 0) is 64.6 Å². The Bertz CT molecular complexity index is 219. The molecule has 0 aromatic heterocycles. The van der Waals surface area contributed by atoms with Crippen LogP contribution >= 0.6 is 0 Å². The van der Waals surface area contributed by atoms with Crippen LogP contribution in [-0.4, -0.2) is 36.6 Å². The van der Waals surface area contributed by atoms with Gasteiger partial charge in [0.15, 0.2) is 0 Å². The molecule has 1 N–H and O–H groups in total. The van der Waals surface area contributed by atoms with Crippen LogP contribution < -0.4 is 5.32 Å². The third-order valence-corrected chi connectivity index (χ3v) is 4.92. The van der Waals surface area contributed by atoms with Gasteiger partial charge in [0.25, 0.3) is 0 Å². The first-order chi connectivity index (χ1) is 8.50. The predicted molar refractivity (Wildman–Crippen MR) is 81.0 cm³/mol.